The molecule has 1 saturated carbocycles. The summed E-state index contributed by atoms with van der Waals surface area (Å²) in [6, 6.07) is 0. The minimum atomic E-state index is -2.38. The molecule has 0 bridgehead atoms. The number of hydrogen-bond donors (Lipinski definition) is 1. The first kappa shape index (κ1) is 7.47. The Morgan fingerprint density at radius 1 is 1.27 bits per heavy atom. The van der Waals surface area contributed by atoms with Crippen molar-refractivity contribution in [1.29, 1.82) is 0 Å². The van der Waals surface area contributed by atoms with Crippen molar-refractivity contribution in [2.45, 2.75) is 25.2 Å². The Hall–Kier alpha value is -0.180. The van der Waals surface area contributed by atoms with Gasteiger partial charge < -0.3 is 5.32 Å². The smallest absolute Gasteiger partial charge is 0.252 e. The number of rotatable bonds is 0. The fourth-order valence-electron chi connectivity index (χ4n) is 2.32. The number of hydrogen-bond acceptors (Lipinski definition) is 1. The van der Waals surface area contributed by atoms with Crippen molar-refractivity contribution in [2.24, 2.45) is 11.8 Å². The Kier molecular flexibility index (Phi) is 1.63. The lowest BCUT2D eigenvalue weighted by Gasteiger charge is -2.32. The predicted octanol–water partition coefficient (Wildman–Crippen LogP) is 1.64. The molecule has 1 nitrogen and oxygen atoms in total. The molecule has 64 valence electrons. The molecule has 2 aliphatic rings. The zero-order valence-electron chi connectivity index (χ0n) is 6.45. The summed E-state index contributed by atoms with van der Waals surface area (Å²) in [7, 11) is 0. The maximum absolute atomic E-state index is 13.1. The van der Waals surface area contributed by atoms with Crippen molar-refractivity contribution in [2.75, 3.05) is 13.1 Å². The Labute approximate surface area is 65.2 Å². The summed E-state index contributed by atoms with van der Waals surface area (Å²) in [4.78, 5) is 0. The highest BCUT2D eigenvalue weighted by Gasteiger charge is 2.48. The van der Waals surface area contributed by atoms with Gasteiger partial charge in [-0.05, 0) is 25.3 Å². The summed E-state index contributed by atoms with van der Waals surface area (Å²) in [5.74, 6) is -2.50. The van der Waals surface area contributed by atoms with E-state index in [1.54, 1.807) is 0 Å². The number of nitrogens with one attached hydrogen (secondary N) is 1. The van der Waals surface area contributed by atoms with Crippen molar-refractivity contribution < 1.29 is 8.78 Å². The number of fused-ring (bicyclic) bond motifs is 1. The van der Waals surface area contributed by atoms with Crippen molar-refractivity contribution in [3.8, 4) is 0 Å². The largest absolute Gasteiger partial charge is 0.316 e. The molecule has 1 saturated heterocycles. The van der Waals surface area contributed by atoms with E-state index < -0.39 is 5.92 Å². The van der Waals surface area contributed by atoms with Gasteiger partial charge in [0, 0.05) is 18.9 Å². The van der Waals surface area contributed by atoms with Gasteiger partial charge in [0.25, 0.3) is 5.92 Å². The molecule has 0 aromatic rings. The van der Waals surface area contributed by atoms with E-state index in [9.17, 15) is 8.78 Å². The molecule has 1 N–H and O–H groups in total. The molecule has 1 aliphatic carbocycles. The minimum Gasteiger partial charge on any atom is -0.316 e. The molecule has 2 atom stereocenters. The van der Waals surface area contributed by atoms with Crippen molar-refractivity contribution in [1.82, 2.24) is 5.32 Å². The van der Waals surface area contributed by atoms with E-state index in [0.29, 0.717) is 13.0 Å². The maximum Gasteiger partial charge on any atom is 0.252 e. The molecule has 11 heavy (non-hydrogen) atoms. The van der Waals surface area contributed by atoms with Crippen LogP contribution in [0, 0.1) is 11.8 Å². The van der Waals surface area contributed by atoms with Gasteiger partial charge in [-0.3, -0.25) is 0 Å². The van der Waals surface area contributed by atoms with E-state index in [0.717, 1.165) is 13.0 Å². The SMILES string of the molecule is FC1(F)CCC[C@H]2CNC[C@H]21. The lowest BCUT2D eigenvalue weighted by molar-refractivity contribution is -0.0932. The molecule has 2 rings (SSSR count). The normalized spacial score (nSPS) is 42.0. The molecule has 0 aromatic heterocycles. The van der Waals surface area contributed by atoms with Gasteiger partial charge in [0.1, 0.15) is 0 Å². The van der Waals surface area contributed by atoms with Crippen LogP contribution in [0.5, 0.6) is 0 Å². The van der Waals surface area contributed by atoms with E-state index in [1.807, 2.05) is 0 Å². The van der Waals surface area contributed by atoms with Crippen LogP contribution in [0.3, 0.4) is 0 Å². The third kappa shape index (κ3) is 1.15. The van der Waals surface area contributed by atoms with Crippen molar-refractivity contribution >= 4 is 0 Å². The second-order valence-corrected chi connectivity index (χ2v) is 3.68. The first-order chi connectivity index (χ1) is 5.20. The highest BCUT2D eigenvalue weighted by atomic mass is 19.3. The molecular weight excluding hydrogens is 148 g/mol. The molecule has 0 amide bonds. The zero-order chi connectivity index (χ0) is 7.90. The lowest BCUT2D eigenvalue weighted by Crippen LogP contribution is -2.37. The van der Waals surface area contributed by atoms with Gasteiger partial charge in [-0.15, -0.1) is 0 Å². The fourth-order valence-corrected chi connectivity index (χ4v) is 2.32. The lowest BCUT2D eigenvalue weighted by atomic mass is 9.79. The molecule has 0 aromatic carbocycles. The van der Waals surface area contributed by atoms with Crippen LogP contribution in [0.15, 0.2) is 0 Å². The van der Waals surface area contributed by atoms with Crippen LogP contribution in [0.1, 0.15) is 19.3 Å². The summed E-state index contributed by atoms with van der Waals surface area (Å²) < 4.78 is 26.2. The third-order valence-electron chi connectivity index (χ3n) is 2.97. The zero-order valence-corrected chi connectivity index (χ0v) is 6.45. The van der Waals surface area contributed by atoms with Crippen LogP contribution in [-0.2, 0) is 0 Å². The van der Waals surface area contributed by atoms with E-state index in [-0.39, 0.29) is 18.3 Å². The summed E-state index contributed by atoms with van der Waals surface area (Å²) in [6.45, 7) is 1.33. The van der Waals surface area contributed by atoms with E-state index in [2.05, 4.69) is 5.32 Å². The van der Waals surface area contributed by atoms with Crippen LogP contribution in [0.25, 0.3) is 0 Å². The van der Waals surface area contributed by atoms with Gasteiger partial charge in [-0.25, -0.2) is 8.78 Å². The molecule has 0 radical (unpaired) electrons. The summed E-state index contributed by atoms with van der Waals surface area (Å²) in [6.07, 6.45) is 1.80. The molecule has 0 spiro atoms. The standard InChI is InChI=1S/C8H13F2N/c9-8(10)3-1-2-6-4-11-5-7(6)8/h6-7,11H,1-5H2/t6-,7+/m0/s1. The molecule has 3 heteroatoms. The van der Waals surface area contributed by atoms with Crippen LogP contribution < -0.4 is 5.32 Å². The predicted molar refractivity (Wildman–Crippen MR) is 38.6 cm³/mol. The summed E-state index contributed by atoms with van der Waals surface area (Å²) in [5, 5.41) is 3.04. The van der Waals surface area contributed by atoms with Gasteiger partial charge in [-0.2, -0.15) is 0 Å². The summed E-state index contributed by atoms with van der Waals surface area (Å²) in [5.41, 5.74) is 0. The minimum absolute atomic E-state index is 0.107. The Balaban J connectivity index is 2.13. The van der Waals surface area contributed by atoms with Crippen LogP contribution >= 0.6 is 0 Å². The van der Waals surface area contributed by atoms with Crippen LogP contribution in [0.2, 0.25) is 0 Å². The average molecular weight is 161 g/mol. The first-order valence-electron chi connectivity index (χ1n) is 4.29. The van der Waals surface area contributed by atoms with Gasteiger partial charge in [0.15, 0.2) is 0 Å². The van der Waals surface area contributed by atoms with Crippen molar-refractivity contribution in [3.05, 3.63) is 0 Å². The average Bonchev–Trinajstić information content (AvgIpc) is 2.34. The molecule has 1 aliphatic heterocycles. The van der Waals surface area contributed by atoms with E-state index >= 15 is 0 Å². The topological polar surface area (TPSA) is 12.0 Å². The molecule has 1 heterocycles. The van der Waals surface area contributed by atoms with Crippen molar-refractivity contribution in [3.63, 3.8) is 0 Å². The maximum atomic E-state index is 13.1. The van der Waals surface area contributed by atoms with Crippen LogP contribution in [0.4, 0.5) is 8.78 Å². The van der Waals surface area contributed by atoms with Gasteiger partial charge >= 0.3 is 0 Å². The molecule has 0 unspecified atom stereocenters. The highest BCUT2D eigenvalue weighted by Crippen LogP contribution is 2.43. The monoisotopic (exact) mass is 161 g/mol. The van der Waals surface area contributed by atoms with Crippen LogP contribution in [-0.4, -0.2) is 19.0 Å². The number of alkyl halides is 2. The van der Waals surface area contributed by atoms with E-state index in [4.69, 9.17) is 0 Å². The first-order valence-corrected chi connectivity index (χ1v) is 4.29. The second kappa shape index (κ2) is 2.41. The molecular formula is C8H13F2N. The van der Waals surface area contributed by atoms with Gasteiger partial charge in [0.05, 0.1) is 0 Å². The van der Waals surface area contributed by atoms with E-state index in [1.165, 1.54) is 0 Å². The highest BCUT2D eigenvalue weighted by molar-refractivity contribution is 4.93. The number of halogens is 2. The Morgan fingerprint density at radius 3 is 2.82 bits per heavy atom. The Morgan fingerprint density at radius 2 is 2.09 bits per heavy atom. The quantitative estimate of drug-likeness (QED) is 0.569. The Bertz CT molecular complexity index is 158. The fraction of sp³-hybridized carbons (Fsp3) is 1.00. The third-order valence-corrected chi connectivity index (χ3v) is 2.97. The summed E-state index contributed by atoms with van der Waals surface area (Å²) >= 11 is 0. The van der Waals surface area contributed by atoms with Gasteiger partial charge in [0.2, 0.25) is 0 Å². The second-order valence-electron chi connectivity index (χ2n) is 3.68. The molecule has 2 fully saturated rings. The van der Waals surface area contributed by atoms with Gasteiger partial charge in [-0.1, -0.05) is 0 Å².